The van der Waals surface area contributed by atoms with Crippen molar-refractivity contribution < 1.29 is 14.3 Å². The number of hydrogen-bond donors (Lipinski definition) is 0. The summed E-state index contributed by atoms with van der Waals surface area (Å²) >= 11 is 0. The van der Waals surface area contributed by atoms with Gasteiger partial charge in [-0.2, -0.15) is 0 Å². The monoisotopic (exact) mass is 170 g/mol. The molecule has 3 nitrogen and oxygen atoms in total. The normalized spacial score (nSPS) is 11.1. The second kappa shape index (κ2) is 5.52. The minimum Gasteiger partial charge on any atom is -0.466 e. The van der Waals surface area contributed by atoms with Crippen molar-refractivity contribution in [3.05, 3.63) is 11.6 Å². The van der Waals surface area contributed by atoms with Crippen LogP contribution in [0.25, 0.3) is 0 Å². The molecule has 68 valence electrons. The van der Waals surface area contributed by atoms with Crippen molar-refractivity contribution >= 4 is 11.8 Å². The van der Waals surface area contributed by atoms with Gasteiger partial charge in [0.15, 0.2) is 0 Å². The fraction of sp³-hybridized carbons (Fsp3) is 0.556. The smallest absolute Gasteiger partial charge is 0.333 e. The molecule has 12 heavy (non-hydrogen) atoms. The lowest BCUT2D eigenvalue weighted by Crippen LogP contribution is -2.05. The van der Waals surface area contributed by atoms with Gasteiger partial charge in [0.05, 0.1) is 7.11 Å². The zero-order valence-electron chi connectivity index (χ0n) is 7.72. The van der Waals surface area contributed by atoms with E-state index in [4.69, 9.17) is 0 Å². The fourth-order valence-electron chi connectivity index (χ4n) is 0.806. The summed E-state index contributed by atoms with van der Waals surface area (Å²) in [6.07, 6.45) is 2.54. The predicted octanol–water partition coefficient (Wildman–Crippen LogP) is 1.47. The zero-order valence-corrected chi connectivity index (χ0v) is 7.72. The Bertz CT molecular complexity index is 204. The van der Waals surface area contributed by atoms with Gasteiger partial charge in [-0.3, -0.25) is 0 Å². The molecule has 0 amide bonds. The van der Waals surface area contributed by atoms with Crippen molar-refractivity contribution in [1.29, 1.82) is 0 Å². The number of Topliss-reactive ketones (excluding diaryl/α,β-unsaturated/α-hetero) is 1. The van der Waals surface area contributed by atoms with Crippen LogP contribution in [0.5, 0.6) is 0 Å². The third-order valence-corrected chi connectivity index (χ3v) is 1.54. The fourth-order valence-corrected chi connectivity index (χ4v) is 0.806. The maximum absolute atomic E-state index is 11.0. The van der Waals surface area contributed by atoms with Gasteiger partial charge in [0.2, 0.25) is 0 Å². The molecular weight excluding hydrogens is 156 g/mol. The minimum atomic E-state index is -0.348. The Kier molecular flexibility index (Phi) is 5.00. The topological polar surface area (TPSA) is 43.4 Å². The average molecular weight is 170 g/mol. The number of carbonyl (C=O) groups excluding carboxylic acids is 2. The van der Waals surface area contributed by atoms with Gasteiger partial charge < -0.3 is 9.53 Å². The molecule has 0 heterocycles. The number of allylic oxidation sites excluding steroid dienone is 1. The van der Waals surface area contributed by atoms with E-state index in [1.165, 1.54) is 14.0 Å². The van der Waals surface area contributed by atoms with Gasteiger partial charge in [-0.25, -0.2) is 4.79 Å². The van der Waals surface area contributed by atoms with Gasteiger partial charge in [-0.05, 0) is 20.3 Å². The molecule has 3 heteroatoms. The lowest BCUT2D eigenvalue weighted by Gasteiger charge is -2.01. The second-order valence-electron chi connectivity index (χ2n) is 2.51. The molecule has 0 aromatic rings. The molecule has 0 aliphatic heterocycles. The molecule has 0 saturated carbocycles. The SMILES string of the molecule is C/C=C(\CCC(C)=O)C(=O)OC. The summed E-state index contributed by atoms with van der Waals surface area (Å²) in [4.78, 5) is 21.5. The Balaban J connectivity index is 4.02. The number of carbonyl (C=O) groups is 2. The Morgan fingerprint density at radius 2 is 1.92 bits per heavy atom. The van der Waals surface area contributed by atoms with E-state index in [-0.39, 0.29) is 11.8 Å². The van der Waals surface area contributed by atoms with E-state index in [0.29, 0.717) is 18.4 Å². The van der Waals surface area contributed by atoms with E-state index >= 15 is 0 Å². The third-order valence-electron chi connectivity index (χ3n) is 1.54. The molecular formula is C9H14O3. The van der Waals surface area contributed by atoms with Crippen LogP contribution in [-0.4, -0.2) is 18.9 Å². The first-order chi connectivity index (χ1) is 5.61. The summed E-state index contributed by atoms with van der Waals surface area (Å²) in [6.45, 7) is 3.26. The molecule has 0 bridgehead atoms. The lowest BCUT2D eigenvalue weighted by molar-refractivity contribution is -0.136. The second-order valence-corrected chi connectivity index (χ2v) is 2.51. The molecule has 0 saturated heterocycles. The Morgan fingerprint density at radius 3 is 2.25 bits per heavy atom. The van der Waals surface area contributed by atoms with Crippen LogP contribution in [0.4, 0.5) is 0 Å². The Hall–Kier alpha value is -1.12. The first-order valence-corrected chi connectivity index (χ1v) is 3.84. The van der Waals surface area contributed by atoms with Crippen LogP contribution in [0, 0.1) is 0 Å². The maximum Gasteiger partial charge on any atom is 0.333 e. The van der Waals surface area contributed by atoms with Crippen molar-refractivity contribution in [1.82, 2.24) is 0 Å². The number of hydrogen-bond acceptors (Lipinski definition) is 3. The summed E-state index contributed by atoms with van der Waals surface area (Å²) in [5, 5.41) is 0. The minimum absolute atomic E-state index is 0.0817. The number of rotatable bonds is 4. The molecule has 0 N–H and O–H groups in total. The van der Waals surface area contributed by atoms with Crippen LogP contribution in [0.15, 0.2) is 11.6 Å². The number of esters is 1. The van der Waals surface area contributed by atoms with Gasteiger partial charge in [0.25, 0.3) is 0 Å². The van der Waals surface area contributed by atoms with Gasteiger partial charge in [0.1, 0.15) is 5.78 Å². The lowest BCUT2D eigenvalue weighted by atomic mass is 10.1. The molecule has 0 aliphatic rings. The standard InChI is InChI=1S/C9H14O3/c1-4-8(9(11)12-3)6-5-7(2)10/h4H,5-6H2,1-3H3/b8-4+. The highest BCUT2D eigenvalue weighted by atomic mass is 16.5. The van der Waals surface area contributed by atoms with Crippen molar-refractivity contribution in [3.8, 4) is 0 Å². The van der Waals surface area contributed by atoms with Crippen molar-refractivity contribution in [2.75, 3.05) is 7.11 Å². The molecule has 0 rings (SSSR count). The molecule has 0 aromatic carbocycles. The number of ketones is 1. The van der Waals surface area contributed by atoms with Crippen LogP contribution >= 0.6 is 0 Å². The summed E-state index contributed by atoms with van der Waals surface area (Å²) in [5.41, 5.74) is 0.563. The number of methoxy groups -OCH3 is 1. The third kappa shape index (κ3) is 3.91. The molecule has 0 spiro atoms. The van der Waals surface area contributed by atoms with Crippen molar-refractivity contribution in [3.63, 3.8) is 0 Å². The van der Waals surface area contributed by atoms with Crippen LogP contribution in [0.1, 0.15) is 26.7 Å². The van der Waals surface area contributed by atoms with Crippen molar-refractivity contribution in [2.45, 2.75) is 26.7 Å². The zero-order chi connectivity index (χ0) is 9.56. The average Bonchev–Trinajstić information content (AvgIpc) is 2.04. The first kappa shape index (κ1) is 10.9. The summed E-state index contributed by atoms with van der Waals surface area (Å²) < 4.78 is 4.52. The maximum atomic E-state index is 11.0. The van der Waals surface area contributed by atoms with Crippen LogP contribution < -0.4 is 0 Å². The molecule has 0 aliphatic carbocycles. The van der Waals surface area contributed by atoms with E-state index in [0.717, 1.165) is 0 Å². The molecule has 0 atom stereocenters. The van der Waals surface area contributed by atoms with E-state index in [1.807, 2.05) is 0 Å². The highest BCUT2D eigenvalue weighted by molar-refractivity contribution is 5.89. The molecule has 0 aromatic heterocycles. The summed E-state index contributed by atoms with van der Waals surface area (Å²) in [5.74, 6) is -0.267. The van der Waals surface area contributed by atoms with Gasteiger partial charge in [0, 0.05) is 12.0 Å². The van der Waals surface area contributed by atoms with Gasteiger partial charge >= 0.3 is 5.97 Å². The first-order valence-electron chi connectivity index (χ1n) is 3.84. The Morgan fingerprint density at radius 1 is 1.33 bits per heavy atom. The van der Waals surface area contributed by atoms with Crippen LogP contribution in [0.2, 0.25) is 0 Å². The molecule has 0 radical (unpaired) electrons. The predicted molar refractivity (Wildman–Crippen MR) is 45.7 cm³/mol. The van der Waals surface area contributed by atoms with E-state index in [9.17, 15) is 9.59 Å². The Labute approximate surface area is 72.4 Å². The van der Waals surface area contributed by atoms with Crippen molar-refractivity contribution in [2.24, 2.45) is 0 Å². The largest absolute Gasteiger partial charge is 0.466 e. The molecule has 0 unspecified atom stereocenters. The van der Waals surface area contributed by atoms with Gasteiger partial charge in [-0.1, -0.05) is 6.08 Å². The van der Waals surface area contributed by atoms with Crippen LogP contribution in [-0.2, 0) is 14.3 Å². The number of ether oxygens (including phenoxy) is 1. The summed E-state index contributed by atoms with van der Waals surface area (Å²) in [7, 11) is 1.33. The van der Waals surface area contributed by atoms with Crippen LogP contribution in [0.3, 0.4) is 0 Å². The quantitative estimate of drug-likeness (QED) is 0.474. The van der Waals surface area contributed by atoms with E-state index in [1.54, 1.807) is 13.0 Å². The molecule has 0 fully saturated rings. The van der Waals surface area contributed by atoms with Gasteiger partial charge in [-0.15, -0.1) is 0 Å². The van der Waals surface area contributed by atoms with E-state index < -0.39 is 0 Å². The highest BCUT2D eigenvalue weighted by Gasteiger charge is 2.08. The summed E-state index contributed by atoms with van der Waals surface area (Å²) in [6, 6.07) is 0. The highest BCUT2D eigenvalue weighted by Crippen LogP contribution is 2.06. The van der Waals surface area contributed by atoms with E-state index in [2.05, 4.69) is 4.74 Å².